The molecule has 1 saturated heterocycles. The third kappa shape index (κ3) is 40.5. The number of aliphatic hydroxyl groups excluding tert-OH is 2. The Bertz CT molecular complexity index is 3270. The van der Waals surface area contributed by atoms with E-state index in [1.165, 1.54) is 0 Å². The normalized spacial score (nSPS) is 20.5. The third-order valence-electron chi connectivity index (χ3n) is 15.1. The van der Waals surface area contributed by atoms with Gasteiger partial charge in [-0.15, -0.1) is 0 Å². The first-order valence-electron chi connectivity index (χ1n) is 36.7. The number of rotatable bonds is 27. The van der Waals surface area contributed by atoms with Crippen LogP contribution in [0.5, 0.6) is 0 Å². The molecule has 2 unspecified atom stereocenters. The number of hydrogen-bond donors (Lipinski definition) is 18. The molecule has 1 aromatic carbocycles. The lowest BCUT2D eigenvalue weighted by Gasteiger charge is -2.29. The maximum atomic E-state index is 15.2. The number of benzene rings is 1. The van der Waals surface area contributed by atoms with E-state index in [0.29, 0.717) is 5.56 Å². The molecule has 38 heteroatoms. The van der Waals surface area contributed by atoms with Gasteiger partial charge >= 0.3 is 30.5 Å². The first-order valence-corrected chi connectivity index (χ1v) is 36.7. The highest BCUT2D eigenvalue weighted by Crippen LogP contribution is 2.15. The van der Waals surface area contributed by atoms with Crippen LogP contribution in [0.15, 0.2) is 30.3 Å². The molecule has 0 radical (unpaired) electrons. The standard InChI is InChI=1S/C72H122N16O22/c1-39(2)37-49-59(97)83-45(27-33-76-64(102)107-69(8,9)10)55(93)82-48(30-36-79-67(105)110-72(17,18)19)58(96)88-51(40(3)89)61(99)74-32-26-44(54(92)81-46(28-34-77-65(103)108-70(11,12)13)57(95)86-50(60(98)85-49)38-42-23-21-20-22-24-42)80-56(94)47(29-35-78-66(104)109-71(14,15)16)84-62(100)52(41(4)90)87-53(91)43(73)25-31-75-63(101)106-68(5,6)7/h20-24,39-41,43-52,89-90H,25-38,73H2,1-19H3,(H,74,99)(H,75,101)(H,76,102)(H,77,103)(H,78,104)(H,79,105)(H,80,94)(H,81,92)(H,82,93)(H,83,97)(H,84,100)(H,85,98)(H,86,95)(H,87,91)(H,88,96)/t40-,41?,43-,44-,45-,46-,47-,48?,49-,50+,51-,52-/m0/s1. The van der Waals surface area contributed by atoms with Gasteiger partial charge in [-0.25, -0.2) is 24.0 Å². The van der Waals surface area contributed by atoms with Gasteiger partial charge in [0.25, 0.3) is 0 Å². The molecule has 1 heterocycles. The van der Waals surface area contributed by atoms with Crippen molar-refractivity contribution < 1.29 is 106 Å². The largest absolute Gasteiger partial charge is 0.444 e. The zero-order valence-corrected chi connectivity index (χ0v) is 66.9. The van der Waals surface area contributed by atoms with Gasteiger partial charge in [-0.05, 0) is 174 Å². The van der Waals surface area contributed by atoms with Gasteiger partial charge < -0.3 is 119 Å². The summed E-state index contributed by atoms with van der Waals surface area (Å²) in [4.78, 5) is 211. The number of aliphatic hydroxyl groups is 2. The van der Waals surface area contributed by atoms with Crippen LogP contribution in [-0.2, 0) is 78.1 Å². The zero-order chi connectivity index (χ0) is 83.8. The van der Waals surface area contributed by atoms with Crippen molar-refractivity contribution in [2.24, 2.45) is 11.7 Å². The van der Waals surface area contributed by atoms with Gasteiger partial charge in [0.1, 0.15) is 82.4 Å². The number of carbonyl (C=O) groups excluding carboxylic acids is 15. The molecule has 0 aliphatic carbocycles. The molecular weight excluding hydrogens is 1440 g/mol. The van der Waals surface area contributed by atoms with Crippen molar-refractivity contribution >= 4 is 89.5 Å². The highest BCUT2D eigenvalue weighted by atomic mass is 16.6. The number of alkyl carbamates (subject to hydrolysis) is 5. The van der Waals surface area contributed by atoms with Crippen molar-refractivity contribution in [1.29, 1.82) is 0 Å². The summed E-state index contributed by atoms with van der Waals surface area (Å²) in [7, 11) is 0. The number of carbonyl (C=O) groups is 15. The van der Waals surface area contributed by atoms with Gasteiger partial charge in [-0.3, -0.25) is 47.9 Å². The molecule has 38 nitrogen and oxygen atoms in total. The monoisotopic (exact) mass is 1560 g/mol. The maximum Gasteiger partial charge on any atom is 0.407 e. The van der Waals surface area contributed by atoms with Crippen LogP contribution in [-0.4, -0.2) is 240 Å². The van der Waals surface area contributed by atoms with Crippen molar-refractivity contribution in [3.8, 4) is 0 Å². The molecule has 622 valence electrons. The number of ether oxygens (including phenoxy) is 5. The summed E-state index contributed by atoms with van der Waals surface area (Å²) in [5.41, 5.74) is 1.77. The Morgan fingerprint density at radius 1 is 0.455 bits per heavy atom. The predicted octanol–water partition coefficient (Wildman–Crippen LogP) is -0.179. The highest BCUT2D eigenvalue weighted by molar-refractivity contribution is 5.99. The second-order valence-corrected chi connectivity index (χ2v) is 32.0. The van der Waals surface area contributed by atoms with Gasteiger partial charge in [0.2, 0.25) is 59.1 Å². The molecule has 0 saturated carbocycles. The van der Waals surface area contributed by atoms with Crippen molar-refractivity contribution in [3.05, 3.63) is 35.9 Å². The van der Waals surface area contributed by atoms with E-state index in [-0.39, 0.29) is 44.8 Å². The van der Waals surface area contributed by atoms with E-state index in [1.54, 1.807) is 148 Å². The summed E-state index contributed by atoms with van der Waals surface area (Å²) in [6.07, 6.45) is -11.1. The summed E-state index contributed by atoms with van der Waals surface area (Å²) >= 11 is 0. The van der Waals surface area contributed by atoms with Crippen LogP contribution in [0.2, 0.25) is 0 Å². The quantitative estimate of drug-likeness (QED) is 0.0508. The van der Waals surface area contributed by atoms with E-state index in [1.807, 2.05) is 0 Å². The second kappa shape index (κ2) is 44.7. The van der Waals surface area contributed by atoms with Crippen LogP contribution < -0.4 is 85.5 Å². The molecule has 0 spiro atoms. The van der Waals surface area contributed by atoms with Crippen LogP contribution in [0.25, 0.3) is 0 Å². The molecular formula is C72H122N16O22. The van der Waals surface area contributed by atoms with E-state index in [2.05, 4.69) is 79.8 Å². The average Bonchev–Trinajstić information content (AvgIpc) is 0.958. The van der Waals surface area contributed by atoms with Gasteiger partial charge in [0.15, 0.2) is 0 Å². The predicted molar refractivity (Wildman–Crippen MR) is 400 cm³/mol. The van der Waals surface area contributed by atoms with Crippen molar-refractivity contribution in [3.63, 3.8) is 0 Å². The Hall–Kier alpha value is -9.85. The fraction of sp³-hybridized carbons (Fsp3) is 0.708. The minimum atomic E-state index is -1.92. The Balaban J connectivity index is 3.06. The smallest absolute Gasteiger partial charge is 0.407 e. The Labute approximate surface area is 643 Å². The minimum absolute atomic E-state index is 0.116. The maximum absolute atomic E-state index is 15.2. The van der Waals surface area contributed by atoms with E-state index in [4.69, 9.17) is 29.4 Å². The number of nitrogens with one attached hydrogen (secondary N) is 15. The van der Waals surface area contributed by atoms with Crippen LogP contribution in [0.3, 0.4) is 0 Å². The fourth-order valence-electron chi connectivity index (χ4n) is 10.1. The van der Waals surface area contributed by atoms with Crippen LogP contribution in [0.1, 0.15) is 182 Å². The lowest BCUT2D eigenvalue weighted by molar-refractivity contribution is -0.136. The van der Waals surface area contributed by atoms with Crippen LogP contribution in [0.4, 0.5) is 24.0 Å². The summed E-state index contributed by atoms with van der Waals surface area (Å²) < 4.78 is 26.7. The Morgan fingerprint density at radius 3 is 1.22 bits per heavy atom. The van der Waals surface area contributed by atoms with Crippen molar-refractivity contribution in [2.75, 3.05) is 39.3 Å². The molecule has 1 aliphatic rings. The summed E-state index contributed by atoms with van der Waals surface area (Å²) in [5.74, 6) is -11.4. The number of amides is 15. The molecule has 1 aromatic rings. The zero-order valence-electron chi connectivity index (χ0n) is 66.9. The Kier molecular flexibility index (Phi) is 39.1. The van der Waals surface area contributed by atoms with E-state index >= 15 is 19.2 Å². The fourth-order valence-corrected chi connectivity index (χ4v) is 10.1. The molecule has 12 atom stereocenters. The molecule has 1 aliphatic heterocycles. The first-order chi connectivity index (χ1) is 50.7. The van der Waals surface area contributed by atoms with E-state index < -0.39 is 242 Å². The summed E-state index contributed by atoms with van der Waals surface area (Å²) in [6, 6.07) is -8.97. The average molecular weight is 1560 g/mol. The first kappa shape index (κ1) is 96.2. The van der Waals surface area contributed by atoms with Crippen LogP contribution >= 0.6 is 0 Å². The highest BCUT2D eigenvalue weighted by Gasteiger charge is 2.39. The van der Waals surface area contributed by atoms with Gasteiger partial charge in [-0.1, -0.05) is 44.2 Å². The second-order valence-electron chi connectivity index (χ2n) is 32.0. The van der Waals surface area contributed by atoms with Gasteiger partial charge in [0.05, 0.1) is 18.2 Å². The summed E-state index contributed by atoms with van der Waals surface area (Å²) in [5, 5.41) is 59.8. The molecule has 0 bridgehead atoms. The molecule has 0 aromatic heterocycles. The SMILES string of the molecule is CC(C)C[C@@H]1NC(=O)[C@@H](Cc2ccccc2)NC(=O)[C@H](CCNC(=O)OC(C)(C)C)NC(=O)[C@@H](NC(=O)[C@H](CCNC(=O)OC(C)(C)C)NC(=O)[C@@H](NC(=O)[C@@H](N)CCNC(=O)OC(C)(C)C)C(C)O)CCNC(=O)[C@H]([C@H](C)O)NC(=O)C(CCNC(=O)OC(C)(C)C)NC(=O)[C@H](CCNC(=O)OC(C)(C)C)NC1=O. The van der Waals surface area contributed by atoms with Crippen molar-refractivity contribution in [1.82, 2.24) is 79.8 Å². The molecule has 110 heavy (non-hydrogen) atoms. The van der Waals surface area contributed by atoms with E-state index in [0.717, 1.165) is 13.8 Å². The molecule has 19 N–H and O–H groups in total. The number of nitrogens with two attached hydrogens (primary N) is 1. The Morgan fingerprint density at radius 2 is 0.818 bits per heavy atom. The molecule has 15 amide bonds. The van der Waals surface area contributed by atoms with Crippen molar-refractivity contribution in [2.45, 2.75) is 284 Å². The topological polar surface area (TPSA) is 549 Å². The lowest BCUT2D eigenvalue weighted by Crippen LogP contribution is -2.62. The van der Waals surface area contributed by atoms with E-state index in [9.17, 15) is 63.0 Å². The minimum Gasteiger partial charge on any atom is -0.444 e. The number of hydrogen-bond acceptors (Lipinski definition) is 23. The van der Waals surface area contributed by atoms with Gasteiger partial charge in [0, 0.05) is 45.7 Å². The van der Waals surface area contributed by atoms with Crippen LogP contribution in [0, 0.1) is 5.92 Å². The third-order valence-corrected chi connectivity index (χ3v) is 15.1. The molecule has 2 rings (SSSR count). The molecule has 1 fully saturated rings. The van der Waals surface area contributed by atoms with Gasteiger partial charge in [-0.2, -0.15) is 0 Å². The summed E-state index contributed by atoms with van der Waals surface area (Å²) in [6.45, 7) is 27.3. The lowest BCUT2D eigenvalue weighted by atomic mass is 10.00.